The summed E-state index contributed by atoms with van der Waals surface area (Å²) in [6, 6.07) is 3.81. The van der Waals surface area contributed by atoms with Gasteiger partial charge in [-0.2, -0.15) is 0 Å². The molecule has 3 atom stereocenters. The number of hydrogen-bond donors (Lipinski definition) is 1. The van der Waals surface area contributed by atoms with Gasteiger partial charge < -0.3 is 9.84 Å². The number of allylic oxidation sites excluding steroid dienone is 2. The summed E-state index contributed by atoms with van der Waals surface area (Å²) in [5.74, 6) is 2.98. The van der Waals surface area contributed by atoms with Gasteiger partial charge in [-0.3, -0.25) is 4.79 Å². The van der Waals surface area contributed by atoms with Crippen LogP contribution in [0.15, 0.2) is 24.3 Å². The Morgan fingerprint density at radius 1 is 1.04 bits per heavy atom. The number of benzene rings is 1. The van der Waals surface area contributed by atoms with Gasteiger partial charge in [-0.1, -0.05) is 72.8 Å². The van der Waals surface area contributed by atoms with Gasteiger partial charge in [-0.15, -0.1) is 0 Å². The van der Waals surface area contributed by atoms with Crippen LogP contribution in [0, 0.1) is 17.8 Å². The Morgan fingerprint density at radius 2 is 1.57 bits per heavy atom. The molecule has 0 aromatic heterocycles. The number of fused-ring (bicyclic) bond motifs is 2. The molecule has 0 radical (unpaired) electrons. The maximum atomic E-state index is 11.5. The molecule has 2 aliphatic rings. The van der Waals surface area contributed by atoms with Crippen LogP contribution in [0.5, 0.6) is 5.75 Å². The van der Waals surface area contributed by atoms with Crippen molar-refractivity contribution in [3.63, 3.8) is 0 Å². The summed E-state index contributed by atoms with van der Waals surface area (Å²) in [5.41, 5.74) is 2.24. The van der Waals surface area contributed by atoms with Gasteiger partial charge in [0.25, 0.3) is 0 Å². The topological polar surface area (TPSA) is 46.5 Å². The first kappa shape index (κ1) is 22.5. The van der Waals surface area contributed by atoms with Crippen LogP contribution >= 0.6 is 0 Å². The largest absolute Gasteiger partial charge is 0.507 e. The Hall–Kier alpha value is -1.77. The van der Waals surface area contributed by atoms with Gasteiger partial charge in [0, 0.05) is 0 Å². The fraction of sp³-hybridized carbons (Fsp3) is 0.640. The van der Waals surface area contributed by atoms with E-state index in [1.54, 1.807) is 0 Å². The lowest BCUT2D eigenvalue weighted by atomic mass is 9.78. The highest BCUT2D eigenvalue weighted by molar-refractivity contribution is 5.73. The minimum absolute atomic E-state index is 0.184. The van der Waals surface area contributed by atoms with Crippen molar-refractivity contribution < 1.29 is 14.6 Å². The fourth-order valence-electron chi connectivity index (χ4n) is 4.23. The molecule has 3 rings (SSSR count). The van der Waals surface area contributed by atoms with Crippen molar-refractivity contribution in [1.82, 2.24) is 0 Å². The average Bonchev–Trinajstić information content (AvgIpc) is 3.16. The van der Waals surface area contributed by atoms with Crippen molar-refractivity contribution in [2.45, 2.75) is 78.6 Å². The second-order valence-electron chi connectivity index (χ2n) is 10.5. The fourth-order valence-corrected chi connectivity index (χ4v) is 4.23. The number of hydrogen-bond acceptors (Lipinski definition) is 3. The van der Waals surface area contributed by atoms with E-state index in [4.69, 9.17) is 4.74 Å². The number of phenols is 1. The third-order valence-electron chi connectivity index (χ3n) is 5.97. The summed E-state index contributed by atoms with van der Waals surface area (Å²) < 4.78 is 4.73. The number of methoxy groups -OCH3 is 1. The molecule has 0 heterocycles. The minimum Gasteiger partial charge on any atom is -0.507 e. The van der Waals surface area contributed by atoms with Gasteiger partial charge in [0.1, 0.15) is 5.75 Å². The number of carbonyl (C=O) groups is 1. The van der Waals surface area contributed by atoms with Crippen LogP contribution in [0.4, 0.5) is 0 Å². The molecule has 28 heavy (non-hydrogen) atoms. The minimum atomic E-state index is -0.268. The van der Waals surface area contributed by atoms with Crippen molar-refractivity contribution in [3.05, 3.63) is 41.0 Å². The zero-order chi connectivity index (χ0) is 21.3. The molecular formula is C25H38O3. The number of esters is 1. The third-order valence-corrected chi connectivity index (χ3v) is 5.97. The molecule has 2 bridgehead atoms. The second-order valence-corrected chi connectivity index (χ2v) is 10.5. The van der Waals surface area contributed by atoms with Gasteiger partial charge in [0.05, 0.1) is 13.5 Å². The number of carbonyl (C=O) groups excluding carboxylic acids is 1. The Labute approximate surface area is 171 Å². The molecule has 1 saturated carbocycles. The molecule has 1 aromatic rings. The monoisotopic (exact) mass is 386 g/mol. The van der Waals surface area contributed by atoms with Crippen LogP contribution in [0.1, 0.15) is 78.0 Å². The molecule has 3 nitrogen and oxygen atoms in total. The Bertz CT molecular complexity index is 696. The standard InChI is InChI=1S/C17H26O3.C8H12/c1-16(2,3)12-8-11(10-14(18)20-7)9-13(15(12)19)17(4,5)6;1-6-4-7-2-3-8(6)5-7/h8-9,19H,10H2,1-7H3;2-3,6-8H,4-5H2,1H3. The van der Waals surface area contributed by atoms with E-state index in [2.05, 4.69) is 60.6 Å². The van der Waals surface area contributed by atoms with E-state index < -0.39 is 0 Å². The van der Waals surface area contributed by atoms with Crippen LogP contribution in [-0.2, 0) is 26.8 Å². The summed E-state index contributed by atoms with van der Waals surface area (Å²) in [6.45, 7) is 14.7. The SMILES string of the molecule is CC1CC2C=CC1C2.COC(=O)Cc1cc(C(C)(C)C)c(O)c(C(C)(C)C)c1. The van der Waals surface area contributed by atoms with E-state index in [0.717, 1.165) is 34.4 Å². The lowest BCUT2D eigenvalue weighted by Crippen LogP contribution is -2.18. The van der Waals surface area contributed by atoms with E-state index in [-0.39, 0.29) is 23.2 Å². The molecule has 0 aliphatic heterocycles. The highest BCUT2D eigenvalue weighted by Gasteiger charge is 2.32. The van der Waals surface area contributed by atoms with E-state index >= 15 is 0 Å². The lowest BCUT2D eigenvalue weighted by molar-refractivity contribution is -0.139. The Kier molecular flexibility index (Phi) is 6.68. The zero-order valence-corrected chi connectivity index (χ0v) is 18.9. The molecule has 1 fully saturated rings. The normalized spacial score (nSPS) is 23.4. The van der Waals surface area contributed by atoms with Crippen LogP contribution in [0.2, 0.25) is 0 Å². The van der Waals surface area contributed by atoms with Crippen LogP contribution < -0.4 is 0 Å². The Morgan fingerprint density at radius 3 is 1.86 bits per heavy atom. The first-order valence-corrected chi connectivity index (χ1v) is 10.4. The molecule has 3 heteroatoms. The lowest BCUT2D eigenvalue weighted by Gasteiger charge is -2.28. The van der Waals surface area contributed by atoms with Gasteiger partial charge in [0.2, 0.25) is 0 Å². The Balaban J connectivity index is 0.000000285. The summed E-state index contributed by atoms with van der Waals surface area (Å²) in [4.78, 5) is 11.5. The van der Waals surface area contributed by atoms with Crippen molar-refractivity contribution in [3.8, 4) is 5.75 Å². The molecule has 156 valence electrons. The molecule has 2 aliphatic carbocycles. The predicted octanol–water partition coefficient (Wildman–Crippen LogP) is 5.92. The van der Waals surface area contributed by atoms with Crippen LogP contribution in [0.25, 0.3) is 0 Å². The van der Waals surface area contributed by atoms with E-state index in [0.29, 0.717) is 5.75 Å². The van der Waals surface area contributed by atoms with Crippen LogP contribution in [0.3, 0.4) is 0 Å². The molecule has 1 N–H and O–H groups in total. The molecular weight excluding hydrogens is 348 g/mol. The van der Waals surface area contributed by atoms with Crippen molar-refractivity contribution >= 4 is 5.97 Å². The second kappa shape index (κ2) is 8.31. The summed E-state index contributed by atoms with van der Waals surface area (Å²) in [7, 11) is 1.39. The number of rotatable bonds is 2. The van der Waals surface area contributed by atoms with Gasteiger partial charge in [0.15, 0.2) is 0 Å². The molecule has 1 aromatic carbocycles. The van der Waals surface area contributed by atoms with E-state index in [1.165, 1.54) is 20.0 Å². The summed E-state index contributed by atoms with van der Waals surface area (Å²) in [5, 5.41) is 10.6. The van der Waals surface area contributed by atoms with Gasteiger partial charge >= 0.3 is 5.97 Å². The average molecular weight is 387 g/mol. The third kappa shape index (κ3) is 5.40. The van der Waals surface area contributed by atoms with Gasteiger partial charge in [-0.25, -0.2) is 0 Å². The van der Waals surface area contributed by atoms with Gasteiger partial charge in [-0.05, 0) is 58.1 Å². The molecule has 0 amide bonds. The quantitative estimate of drug-likeness (QED) is 0.507. The first-order valence-electron chi connectivity index (χ1n) is 10.4. The molecule has 0 saturated heterocycles. The predicted molar refractivity (Wildman–Crippen MR) is 116 cm³/mol. The van der Waals surface area contributed by atoms with E-state index in [1.807, 2.05) is 12.1 Å². The maximum absolute atomic E-state index is 11.5. The highest BCUT2D eigenvalue weighted by Crippen LogP contribution is 2.43. The van der Waals surface area contributed by atoms with Crippen molar-refractivity contribution in [1.29, 1.82) is 0 Å². The number of phenolic OH excluding ortho intramolecular Hbond substituents is 1. The smallest absolute Gasteiger partial charge is 0.309 e. The van der Waals surface area contributed by atoms with Crippen LogP contribution in [-0.4, -0.2) is 18.2 Å². The maximum Gasteiger partial charge on any atom is 0.309 e. The van der Waals surface area contributed by atoms with Crippen molar-refractivity contribution in [2.75, 3.05) is 7.11 Å². The summed E-state index contributed by atoms with van der Waals surface area (Å²) in [6.07, 6.45) is 7.94. The van der Waals surface area contributed by atoms with Crippen molar-refractivity contribution in [2.24, 2.45) is 17.8 Å². The summed E-state index contributed by atoms with van der Waals surface area (Å²) >= 11 is 0. The van der Waals surface area contributed by atoms with E-state index in [9.17, 15) is 9.90 Å². The zero-order valence-electron chi connectivity index (χ0n) is 18.9. The highest BCUT2D eigenvalue weighted by atomic mass is 16.5. The first-order chi connectivity index (χ1) is 12.8. The number of aromatic hydroxyl groups is 1. The number of ether oxygens (including phenoxy) is 1. The molecule has 3 unspecified atom stereocenters. The molecule has 0 spiro atoms.